The highest BCUT2D eigenvalue weighted by Crippen LogP contribution is 2.21. The maximum atomic E-state index is 14.3. The van der Waals surface area contributed by atoms with Gasteiger partial charge in [0, 0.05) is 43.2 Å². The summed E-state index contributed by atoms with van der Waals surface area (Å²) in [6, 6.07) is 15.0. The molecule has 0 saturated carbocycles. The zero-order valence-electron chi connectivity index (χ0n) is 19.0. The molecule has 1 aromatic heterocycles. The second kappa shape index (κ2) is 11.4. The Morgan fingerprint density at radius 2 is 2.03 bits per heavy atom. The van der Waals surface area contributed by atoms with Crippen LogP contribution in [0.1, 0.15) is 28.9 Å². The average molecular weight is 471 g/mol. The Labute approximate surface area is 197 Å². The van der Waals surface area contributed by atoms with Crippen LogP contribution in [0.25, 0.3) is 0 Å². The molecule has 1 aliphatic heterocycles. The molecule has 0 radical (unpaired) electrons. The third-order valence-electron chi connectivity index (χ3n) is 5.66. The van der Waals surface area contributed by atoms with Gasteiger partial charge in [-0.1, -0.05) is 35.5 Å². The summed E-state index contributed by atoms with van der Waals surface area (Å²) < 4.78 is 38.5. The molecule has 0 bridgehead atoms. The third kappa shape index (κ3) is 6.50. The fourth-order valence-electron chi connectivity index (χ4n) is 4.01. The first-order valence-corrected chi connectivity index (χ1v) is 11.2. The van der Waals surface area contributed by atoms with E-state index in [1.807, 2.05) is 36.1 Å². The number of nitrogens with zero attached hydrogens (tertiary/aromatic N) is 2. The number of hydrogen-bond acceptors (Lipinski definition) is 6. The van der Waals surface area contributed by atoms with Crippen LogP contribution in [0, 0.1) is 18.6 Å². The number of aryl methyl sites for hydroxylation is 1. The Bertz CT molecular complexity index is 1100. The second-order valence-electron chi connectivity index (χ2n) is 8.46. The molecule has 0 spiro atoms. The number of hydrogen-bond donors (Lipinski definition) is 1. The highest BCUT2D eigenvalue weighted by Gasteiger charge is 2.27. The fourth-order valence-corrected chi connectivity index (χ4v) is 4.01. The van der Waals surface area contributed by atoms with Gasteiger partial charge in [-0.2, -0.15) is 0 Å². The zero-order valence-corrected chi connectivity index (χ0v) is 19.0. The molecule has 1 N–H and O–H groups in total. The zero-order chi connectivity index (χ0) is 23.9. The highest BCUT2D eigenvalue weighted by molar-refractivity contribution is 6.02. The lowest BCUT2D eigenvalue weighted by Crippen LogP contribution is -2.39. The summed E-state index contributed by atoms with van der Waals surface area (Å²) in [6.45, 7) is 3.16. The number of rotatable bonds is 11. The van der Waals surface area contributed by atoms with E-state index in [1.165, 1.54) is 12.1 Å². The van der Waals surface area contributed by atoms with E-state index in [-0.39, 0.29) is 32.4 Å². The number of benzene rings is 2. The molecule has 3 aromatic rings. The second-order valence-corrected chi connectivity index (χ2v) is 8.46. The van der Waals surface area contributed by atoms with E-state index in [0.717, 1.165) is 22.9 Å². The van der Waals surface area contributed by atoms with Gasteiger partial charge in [0.15, 0.2) is 0 Å². The van der Waals surface area contributed by atoms with Gasteiger partial charge in [-0.15, -0.1) is 0 Å². The van der Waals surface area contributed by atoms with Crippen molar-refractivity contribution in [1.82, 2.24) is 4.90 Å². The van der Waals surface area contributed by atoms with Gasteiger partial charge in [0.1, 0.15) is 30.1 Å². The molecule has 0 amide bonds. The number of aliphatic hydroxyl groups is 1. The first-order valence-electron chi connectivity index (χ1n) is 11.2. The van der Waals surface area contributed by atoms with E-state index in [0.29, 0.717) is 24.3 Å². The van der Waals surface area contributed by atoms with Crippen LogP contribution in [0.2, 0.25) is 0 Å². The fraction of sp³-hybridized carbons (Fsp3) is 0.346. The normalized spacial score (nSPS) is 16.5. The lowest BCUT2D eigenvalue weighted by molar-refractivity contribution is -0.00976. The van der Waals surface area contributed by atoms with Crippen molar-refractivity contribution in [2.45, 2.75) is 38.7 Å². The molecule has 8 heteroatoms. The Kier molecular flexibility index (Phi) is 8.05. The van der Waals surface area contributed by atoms with Crippen LogP contribution < -0.4 is 0 Å². The summed E-state index contributed by atoms with van der Waals surface area (Å²) in [5, 5.41) is 14.8. The SMILES string of the molecule is Cc1ccccc1C1=NO[C@H](CN(Cc2ccc(F)cc2F)C[C@H](O)COCc2ccco2)C1. The lowest BCUT2D eigenvalue weighted by Gasteiger charge is -2.27. The molecule has 0 aliphatic carbocycles. The van der Waals surface area contributed by atoms with Gasteiger partial charge in [-0.25, -0.2) is 8.78 Å². The van der Waals surface area contributed by atoms with Crippen molar-refractivity contribution in [2.24, 2.45) is 5.16 Å². The molecule has 0 saturated heterocycles. The minimum absolute atomic E-state index is 0.0829. The number of halogens is 2. The molecule has 0 fully saturated rings. The van der Waals surface area contributed by atoms with Gasteiger partial charge in [0.2, 0.25) is 0 Å². The Balaban J connectivity index is 1.38. The van der Waals surface area contributed by atoms with Crippen LogP contribution >= 0.6 is 0 Å². The first kappa shape index (κ1) is 24.1. The molecule has 4 rings (SSSR count). The number of aliphatic hydroxyl groups excluding tert-OH is 1. The van der Waals surface area contributed by atoms with Gasteiger partial charge >= 0.3 is 0 Å². The van der Waals surface area contributed by atoms with Crippen molar-refractivity contribution in [2.75, 3.05) is 19.7 Å². The monoisotopic (exact) mass is 470 g/mol. The summed E-state index contributed by atoms with van der Waals surface area (Å²) in [7, 11) is 0. The Morgan fingerprint density at radius 3 is 2.79 bits per heavy atom. The van der Waals surface area contributed by atoms with E-state index < -0.39 is 17.7 Å². The van der Waals surface area contributed by atoms with Crippen LogP contribution in [0.4, 0.5) is 8.78 Å². The Morgan fingerprint density at radius 1 is 1.18 bits per heavy atom. The number of furan rings is 1. The van der Waals surface area contributed by atoms with Crippen LogP contribution in [-0.4, -0.2) is 47.6 Å². The van der Waals surface area contributed by atoms with E-state index in [9.17, 15) is 13.9 Å². The molecule has 2 atom stereocenters. The summed E-state index contributed by atoms with van der Waals surface area (Å²) in [5.74, 6) is -0.593. The van der Waals surface area contributed by atoms with Gasteiger partial charge < -0.3 is 19.1 Å². The summed E-state index contributed by atoms with van der Waals surface area (Å²) in [5.41, 5.74) is 3.34. The molecular formula is C26H28F2N2O4. The third-order valence-corrected chi connectivity index (χ3v) is 5.66. The average Bonchev–Trinajstić information content (AvgIpc) is 3.48. The summed E-state index contributed by atoms with van der Waals surface area (Å²) >= 11 is 0. The largest absolute Gasteiger partial charge is 0.467 e. The highest BCUT2D eigenvalue weighted by atomic mass is 19.1. The minimum Gasteiger partial charge on any atom is -0.467 e. The molecule has 34 heavy (non-hydrogen) atoms. The Hall–Kier alpha value is -3.07. The molecule has 2 heterocycles. The van der Waals surface area contributed by atoms with Crippen molar-refractivity contribution in [1.29, 1.82) is 0 Å². The van der Waals surface area contributed by atoms with E-state index >= 15 is 0 Å². The van der Waals surface area contributed by atoms with Crippen molar-refractivity contribution in [3.05, 3.63) is 94.9 Å². The topological polar surface area (TPSA) is 67.4 Å². The van der Waals surface area contributed by atoms with Crippen LogP contribution in [0.5, 0.6) is 0 Å². The first-order chi connectivity index (χ1) is 16.5. The van der Waals surface area contributed by atoms with Gasteiger partial charge in [-0.3, -0.25) is 4.90 Å². The number of oxime groups is 1. The van der Waals surface area contributed by atoms with Crippen molar-refractivity contribution >= 4 is 5.71 Å². The summed E-state index contributed by atoms with van der Waals surface area (Å²) in [6.07, 6.45) is 1.08. The quantitative estimate of drug-likeness (QED) is 0.449. The van der Waals surface area contributed by atoms with Crippen LogP contribution in [-0.2, 0) is 22.7 Å². The molecule has 1 aliphatic rings. The van der Waals surface area contributed by atoms with E-state index in [4.69, 9.17) is 14.0 Å². The van der Waals surface area contributed by atoms with Crippen molar-refractivity contribution < 1.29 is 27.9 Å². The van der Waals surface area contributed by atoms with Crippen LogP contribution in [0.3, 0.4) is 0 Å². The molecular weight excluding hydrogens is 442 g/mol. The standard InChI is InChI=1S/C26H28F2N2O4/c1-18-5-2-3-7-24(18)26-12-23(34-29-26)15-30(13-19-8-9-20(27)11-25(19)28)14-21(31)16-32-17-22-6-4-10-33-22/h2-11,21,23,31H,12-17H2,1H3/t21-,23-/m0/s1. The maximum absolute atomic E-state index is 14.3. The molecule has 2 aromatic carbocycles. The maximum Gasteiger partial charge on any atom is 0.145 e. The van der Waals surface area contributed by atoms with Crippen LogP contribution in [0.15, 0.2) is 70.4 Å². The summed E-state index contributed by atoms with van der Waals surface area (Å²) in [4.78, 5) is 7.54. The van der Waals surface area contributed by atoms with Crippen molar-refractivity contribution in [3.8, 4) is 0 Å². The van der Waals surface area contributed by atoms with Crippen molar-refractivity contribution in [3.63, 3.8) is 0 Å². The van der Waals surface area contributed by atoms with Gasteiger partial charge in [-0.05, 0) is 30.7 Å². The predicted molar refractivity (Wildman–Crippen MR) is 123 cm³/mol. The molecule has 180 valence electrons. The number of ether oxygens (including phenoxy) is 1. The molecule has 0 unspecified atom stereocenters. The minimum atomic E-state index is -0.823. The van der Waals surface area contributed by atoms with E-state index in [2.05, 4.69) is 5.16 Å². The molecule has 6 nitrogen and oxygen atoms in total. The smallest absolute Gasteiger partial charge is 0.145 e. The van der Waals surface area contributed by atoms with Gasteiger partial charge in [0.05, 0.1) is 24.7 Å². The van der Waals surface area contributed by atoms with E-state index in [1.54, 1.807) is 18.4 Å². The predicted octanol–water partition coefficient (Wildman–Crippen LogP) is 4.44. The van der Waals surface area contributed by atoms with Gasteiger partial charge in [0.25, 0.3) is 0 Å². The lowest BCUT2D eigenvalue weighted by atomic mass is 10.00.